The van der Waals surface area contributed by atoms with Crippen molar-refractivity contribution < 1.29 is 4.74 Å². The van der Waals surface area contributed by atoms with Crippen LogP contribution in [0.5, 0.6) is 5.75 Å². The van der Waals surface area contributed by atoms with Gasteiger partial charge in [0.25, 0.3) is 0 Å². The lowest BCUT2D eigenvalue weighted by molar-refractivity contribution is 0.414. The van der Waals surface area contributed by atoms with E-state index >= 15 is 0 Å². The fraction of sp³-hybridized carbons (Fsp3) is 0.533. The highest BCUT2D eigenvalue weighted by Gasteiger charge is 2.21. The van der Waals surface area contributed by atoms with Crippen LogP contribution in [0.15, 0.2) is 23.2 Å². The first-order valence-electron chi connectivity index (χ1n) is 6.90. The van der Waals surface area contributed by atoms with Gasteiger partial charge in [0, 0.05) is 12.6 Å². The highest BCUT2D eigenvalue weighted by atomic mass is 127. The minimum absolute atomic E-state index is 0. The molecule has 0 unspecified atom stereocenters. The Morgan fingerprint density at radius 3 is 2.70 bits per heavy atom. The van der Waals surface area contributed by atoms with Crippen LogP contribution in [0.2, 0.25) is 0 Å². The Balaban J connectivity index is 0.00000200. The van der Waals surface area contributed by atoms with E-state index in [1.54, 1.807) is 7.11 Å². The number of benzene rings is 1. The van der Waals surface area contributed by atoms with E-state index in [0.29, 0.717) is 12.6 Å². The fourth-order valence-electron chi connectivity index (χ4n) is 1.95. The summed E-state index contributed by atoms with van der Waals surface area (Å²) < 4.78 is 5.28. The first-order valence-corrected chi connectivity index (χ1v) is 6.90. The van der Waals surface area contributed by atoms with Crippen molar-refractivity contribution in [2.75, 3.05) is 13.7 Å². The Morgan fingerprint density at radius 2 is 2.10 bits per heavy atom. The number of ether oxygens (including phenoxy) is 1. The standard InChI is InChI=1S/C15H23N3O.HI/c1-4-16-15(18-13-5-6-13)17-10-12-7-11(2)8-14(9-12)19-3;/h7-9,13H,4-6,10H2,1-3H3,(H2,16,17,18);1H. The van der Waals surface area contributed by atoms with Gasteiger partial charge in [0.1, 0.15) is 5.75 Å². The Bertz CT molecular complexity index is 458. The molecular formula is C15H24IN3O. The second-order valence-corrected chi connectivity index (χ2v) is 4.97. The van der Waals surface area contributed by atoms with Gasteiger partial charge in [0.2, 0.25) is 0 Å². The van der Waals surface area contributed by atoms with Crippen LogP contribution < -0.4 is 15.4 Å². The molecule has 0 spiro atoms. The molecule has 0 radical (unpaired) electrons. The van der Waals surface area contributed by atoms with E-state index in [2.05, 4.69) is 35.5 Å². The molecule has 4 nitrogen and oxygen atoms in total. The molecule has 0 heterocycles. The predicted molar refractivity (Wildman–Crippen MR) is 94.1 cm³/mol. The molecule has 0 atom stereocenters. The third-order valence-corrected chi connectivity index (χ3v) is 3.03. The molecular weight excluding hydrogens is 365 g/mol. The molecule has 0 amide bonds. The lowest BCUT2D eigenvalue weighted by atomic mass is 10.1. The van der Waals surface area contributed by atoms with E-state index in [4.69, 9.17) is 4.74 Å². The first-order chi connectivity index (χ1) is 9.21. The third-order valence-electron chi connectivity index (χ3n) is 3.03. The number of hydrogen-bond donors (Lipinski definition) is 2. The van der Waals surface area contributed by atoms with E-state index in [9.17, 15) is 0 Å². The molecule has 5 heteroatoms. The average molecular weight is 389 g/mol. The van der Waals surface area contributed by atoms with Crippen molar-refractivity contribution in [3.63, 3.8) is 0 Å². The Hall–Kier alpha value is -0.980. The first kappa shape index (κ1) is 17.1. The number of guanidine groups is 1. The van der Waals surface area contributed by atoms with Crippen molar-refractivity contribution >= 4 is 29.9 Å². The summed E-state index contributed by atoms with van der Waals surface area (Å²) in [6.45, 7) is 5.71. The number of nitrogens with zero attached hydrogens (tertiary/aromatic N) is 1. The molecule has 0 aliphatic heterocycles. The summed E-state index contributed by atoms with van der Waals surface area (Å²) in [7, 11) is 1.69. The van der Waals surface area contributed by atoms with Gasteiger partial charge in [-0.1, -0.05) is 6.07 Å². The van der Waals surface area contributed by atoms with Gasteiger partial charge in [0.15, 0.2) is 5.96 Å². The van der Waals surface area contributed by atoms with Crippen LogP contribution in [-0.4, -0.2) is 25.7 Å². The van der Waals surface area contributed by atoms with Gasteiger partial charge in [-0.25, -0.2) is 4.99 Å². The molecule has 20 heavy (non-hydrogen) atoms. The number of nitrogens with one attached hydrogen (secondary N) is 2. The molecule has 1 aromatic carbocycles. The summed E-state index contributed by atoms with van der Waals surface area (Å²) in [4.78, 5) is 4.62. The van der Waals surface area contributed by atoms with E-state index in [1.165, 1.54) is 24.0 Å². The van der Waals surface area contributed by atoms with Gasteiger partial charge in [-0.2, -0.15) is 0 Å². The van der Waals surface area contributed by atoms with Gasteiger partial charge in [-0.3, -0.25) is 0 Å². The van der Waals surface area contributed by atoms with Crippen LogP contribution in [0.1, 0.15) is 30.9 Å². The monoisotopic (exact) mass is 389 g/mol. The van der Waals surface area contributed by atoms with Crippen molar-refractivity contribution in [2.24, 2.45) is 4.99 Å². The molecule has 0 bridgehead atoms. The molecule has 112 valence electrons. The van der Waals surface area contributed by atoms with Crippen LogP contribution in [0.3, 0.4) is 0 Å². The number of aryl methyl sites for hydroxylation is 1. The molecule has 1 aromatic rings. The van der Waals surface area contributed by atoms with Gasteiger partial charge < -0.3 is 15.4 Å². The van der Waals surface area contributed by atoms with Crippen molar-refractivity contribution in [3.8, 4) is 5.75 Å². The maximum atomic E-state index is 5.28. The topological polar surface area (TPSA) is 45.7 Å². The largest absolute Gasteiger partial charge is 0.497 e. The molecule has 1 aliphatic carbocycles. The predicted octanol–water partition coefficient (Wildman–Crippen LogP) is 2.84. The number of methoxy groups -OCH3 is 1. The van der Waals surface area contributed by atoms with Crippen molar-refractivity contribution in [3.05, 3.63) is 29.3 Å². The van der Waals surface area contributed by atoms with E-state index in [-0.39, 0.29) is 24.0 Å². The molecule has 2 rings (SSSR count). The molecule has 2 N–H and O–H groups in total. The van der Waals surface area contributed by atoms with Gasteiger partial charge in [-0.15, -0.1) is 24.0 Å². The Labute approximate surface area is 138 Å². The summed E-state index contributed by atoms with van der Waals surface area (Å²) in [5.41, 5.74) is 2.37. The van der Waals surface area contributed by atoms with Crippen LogP contribution in [0.25, 0.3) is 0 Å². The van der Waals surface area contributed by atoms with Crippen LogP contribution in [0, 0.1) is 6.92 Å². The zero-order chi connectivity index (χ0) is 13.7. The van der Waals surface area contributed by atoms with Crippen molar-refractivity contribution in [2.45, 2.75) is 39.3 Å². The fourth-order valence-corrected chi connectivity index (χ4v) is 1.95. The average Bonchev–Trinajstić information content (AvgIpc) is 3.19. The highest BCUT2D eigenvalue weighted by molar-refractivity contribution is 14.0. The SMILES string of the molecule is CCNC(=NCc1cc(C)cc(OC)c1)NC1CC1.I. The Kier molecular flexibility index (Phi) is 7.12. The quantitative estimate of drug-likeness (QED) is 0.463. The minimum Gasteiger partial charge on any atom is -0.497 e. The lowest BCUT2D eigenvalue weighted by Gasteiger charge is -2.10. The maximum Gasteiger partial charge on any atom is 0.191 e. The van der Waals surface area contributed by atoms with Gasteiger partial charge in [0.05, 0.1) is 13.7 Å². The molecule has 1 fully saturated rings. The molecule has 1 aliphatic rings. The summed E-state index contributed by atoms with van der Waals surface area (Å²) in [6, 6.07) is 6.83. The van der Waals surface area contributed by atoms with E-state index in [0.717, 1.165) is 18.3 Å². The summed E-state index contributed by atoms with van der Waals surface area (Å²) in [6.07, 6.45) is 2.51. The zero-order valence-electron chi connectivity index (χ0n) is 12.4. The number of aliphatic imine (C=N–C) groups is 1. The van der Waals surface area contributed by atoms with Gasteiger partial charge in [-0.05, 0) is 49.9 Å². The zero-order valence-corrected chi connectivity index (χ0v) is 14.7. The van der Waals surface area contributed by atoms with Gasteiger partial charge >= 0.3 is 0 Å². The Morgan fingerprint density at radius 1 is 1.35 bits per heavy atom. The van der Waals surface area contributed by atoms with Crippen molar-refractivity contribution in [1.82, 2.24) is 10.6 Å². The summed E-state index contributed by atoms with van der Waals surface area (Å²) in [5, 5.41) is 6.69. The normalized spacial score (nSPS) is 14.4. The second kappa shape index (κ2) is 8.34. The third kappa shape index (κ3) is 5.56. The molecule has 1 saturated carbocycles. The van der Waals surface area contributed by atoms with E-state index in [1.807, 2.05) is 12.1 Å². The van der Waals surface area contributed by atoms with Crippen molar-refractivity contribution in [1.29, 1.82) is 0 Å². The van der Waals surface area contributed by atoms with Crippen LogP contribution >= 0.6 is 24.0 Å². The summed E-state index contributed by atoms with van der Waals surface area (Å²) >= 11 is 0. The number of halogens is 1. The van der Waals surface area contributed by atoms with Crippen LogP contribution in [-0.2, 0) is 6.54 Å². The molecule has 0 saturated heterocycles. The number of hydrogen-bond acceptors (Lipinski definition) is 2. The lowest BCUT2D eigenvalue weighted by Crippen LogP contribution is -2.38. The smallest absolute Gasteiger partial charge is 0.191 e. The highest BCUT2D eigenvalue weighted by Crippen LogP contribution is 2.19. The van der Waals surface area contributed by atoms with Crippen LogP contribution in [0.4, 0.5) is 0 Å². The minimum atomic E-state index is 0. The second-order valence-electron chi connectivity index (χ2n) is 4.97. The summed E-state index contributed by atoms with van der Waals surface area (Å²) in [5.74, 6) is 1.80. The number of rotatable bonds is 5. The maximum absolute atomic E-state index is 5.28. The molecule has 0 aromatic heterocycles. The van der Waals surface area contributed by atoms with E-state index < -0.39 is 0 Å².